The molecular formula is C14H27N3. The SMILES string of the molecule is CCC(CC)N(C)CCC1CCCC1(N)C#N. The van der Waals surface area contributed by atoms with Crippen LogP contribution >= 0.6 is 0 Å². The molecule has 2 atom stereocenters. The Kier molecular flexibility index (Phi) is 5.42. The highest BCUT2D eigenvalue weighted by Gasteiger charge is 2.39. The molecule has 0 bridgehead atoms. The van der Waals surface area contributed by atoms with E-state index >= 15 is 0 Å². The number of nitriles is 1. The van der Waals surface area contributed by atoms with Crippen molar-refractivity contribution in [2.75, 3.05) is 13.6 Å². The Morgan fingerprint density at radius 2 is 2.12 bits per heavy atom. The van der Waals surface area contributed by atoms with Gasteiger partial charge in [-0.2, -0.15) is 5.26 Å². The number of hydrogen-bond donors (Lipinski definition) is 1. The molecule has 0 radical (unpaired) electrons. The van der Waals surface area contributed by atoms with Gasteiger partial charge in [0.1, 0.15) is 5.54 Å². The zero-order valence-corrected chi connectivity index (χ0v) is 11.6. The first-order chi connectivity index (χ1) is 8.07. The number of hydrogen-bond acceptors (Lipinski definition) is 3. The molecule has 17 heavy (non-hydrogen) atoms. The molecule has 3 heteroatoms. The molecule has 1 rings (SSSR count). The molecule has 0 spiro atoms. The molecule has 0 heterocycles. The molecule has 1 aliphatic rings. The molecule has 0 aromatic carbocycles. The highest BCUT2D eigenvalue weighted by molar-refractivity contribution is 5.11. The van der Waals surface area contributed by atoms with Crippen LogP contribution in [0.15, 0.2) is 0 Å². The molecule has 1 aliphatic carbocycles. The van der Waals surface area contributed by atoms with Crippen molar-refractivity contribution in [3.05, 3.63) is 0 Å². The molecule has 0 saturated heterocycles. The van der Waals surface area contributed by atoms with E-state index in [1.165, 1.54) is 12.8 Å². The second-order valence-electron chi connectivity index (χ2n) is 5.48. The van der Waals surface area contributed by atoms with Crippen molar-refractivity contribution in [1.29, 1.82) is 5.26 Å². The fourth-order valence-corrected chi connectivity index (χ4v) is 3.11. The first kappa shape index (κ1) is 14.5. The van der Waals surface area contributed by atoms with E-state index in [4.69, 9.17) is 5.73 Å². The maximum absolute atomic E-state index is 9.17. The fraction of sp³-hybridized carbons (Fsp3) is 0.929. The van der Waals surface area contributed by atoms with E-state index in [-0.39, 0.29) is 0 Å². The van der Waals surface area contributed by atoms with Crippen molar-refractivity contribution < 1.29 is 0 Å². The maximum Gasteiger partial charge on any atom is 0.107 e. The summed E-state index contributed by atoms with van der Waals surface area (Å²) in [6.07, 6.45) is 6.58. The third-order valence-electron chi connectivity index (χ3n) is 4.48. The van der Waals surface area contributed by atoms with Gasteiger partial charge in [-0.05, 0) is 51.6 Å². The van der Waals surface area contributed by atoms with Crippen LogP contribution in [0.4, 0.5) is 0 Å². The first-order valence-electron chi connectivity index (χ1n) is 6.97. The topological polar surface area (TPSA) is 53.0 Å². The summed E-state index contributed by atoms with van der Waals surface area (Å²) in [6.45, 7) is 5.54. The van der Waals surface area contributed by atoms with Crippen molar-refractivity contribution in [1.82, 2.24) is 4.90 Å². The van der Waals surface area contributed by atoms with Gasteiger partial charge in [-0.3, -0.25) is 0 Å². The second-order valence-corrected chi connectivity index (χ2v) is 5.48. The lowest BCUT2D eigenvalue weighted by Crippen LogP contribution is -2.43. The highest BCUT2D eigenvalue weighted by Crippen LogP contribution is 2.35. The summed E-state index contributed by atoms with van der Waals surface area (Å²) >= 11 is 0. The second kappa shape index (κ2) is 6.37. The Hall–Kier alpha value is -0.590. The van der Waals surface area contributed by atoms with E-state index in [2.05, 4.69) is 31.9 Å². The van der Waals surface area contributed by atoms with Crippen LogP contribution in [0.2, 0.25) is 0 Å². The van der Waals surface area contributed by atoms with Crippen molar-refractivity contribution in [2.45, 2.75) is 64.0 Å². The molecule has 0 aliphatic heterocycles. The quantitative estimate of drug-likeness (QED) is 0.772. The lowest BCUT2D eigenvalue weighted by Gasteiger charge is -2.30. The smallest absolute Gasteiger partial charge is 0.107 e. The molecule has 98 valence electrons. The minimum absolute atomic E-state index is 0.393. The van der Waals surface area contributed by atoms with E-state index in [1.807, 2.05) is 0 Å². The summed E-state index contributed by atoms with van der Waals surface area (Å²) in [5.41, 5.74) is 5.60. The third kappa shape index (κ3) is 3.43. The predicted molar refractivity (Wildman–Crippen MR) is 71.5 cm³/mol. The van der Waals surface area contributed by atoms with E-state index in [0.717, 1.165) is 32.2 Å². The Morgan fingerprint density at radius 1 is 1.47 bits per heavy atom. The zero-order chi connectivity index (χ0) is 12.9. The monoisotopic (exact) mass is 237 g/mol. The zero-order valence-electron chi connectivity index (χ0n) is 11.6. The Balaban J connectivity index is 2.43. The van der Waals surface area contributed by atoms with Crippen molar-refractivity contribution in [2.24, 2.45) is 11.7 Å². The van der Waals surface area contributed by atoms with Crippen LogP contribution in [0.1, 0.15) is 52.4 Å². The minimum Gasteiger partial charge on any atom is -0.313 e. The summed E-state index contributed by atoms with van der Waals surface area (Å²) in [5.74, 6) is 0.393. The molecule has 0 aromatic rings. The summed E-state index contributed by atoms with van der Waals surface area (Å²) < 4.78 is 0. The molecule has 2 unspecified atom stereocenters. The summed E-state index contributed by atoms with van der Waals surface area (Å²) in [4.78, 5) is 2.43. The van der Waals surface area contributed by atoms with Crippen LogP contribution in [-0.4, -0.2) is 30.1 Å². The fourth-order valence-electron chi connectivity index (χ4n) is 3.11. The Labute approximate surface area is 106 Å². The van der Waals surface area contributed by atoms with Gasteiger partial charge in [-0.15, -0.1) is 0 Å². The lowest BCUT2D eigenvalue weighted by molar-refractivity contribution is 0.204. The van der Waals surface area contributed by atoms with Crippen LogP contribution in [0.5, 0.6) is 0 Å². The van der Waals surface area contributed by atoms with Crippen LogP contribution in [0.25, 0.3) is 0 Å². The van der Waals surface area contributed by atoms with Gasteiger partial charge in [0.05, 0.1) is 6.07 Å². The number of nitrogens with zero attached hydrogens (tertiary/aromatic N) is 2. The average molecular weight is 237 g/mol. The van der Waals surface area contributed by atoms with Crippen LogP contribution in [-0.2, 0) is 0 Å². The first-order valence-corrected chi connectivity index (χ1v) is 6.97. The van der Waals surface area contributed by atoms with Gasteiger partial charge >= 0.3 is 0 Å². The normalized spacial score (nSPS) is 28.9. The summed E-state index contributed by atoms with van der Waals surface area (Å²) in [6, 6.07) is 3.00. The Bertz CT molecular complexity index is 267. The van der Waals surface area contributed by atoms with Gasteiger partial charge in [0.15, 0.2) is 0 Å². The molecule has 0 aromatic heterocycles. The minimum atomic E-state index is -0.547. The lowest BCUT2D eigenvalue weighted by atomic mass is 9.87. The standard InChI is InChI=1S/C14H27N3/c1-4-13(5-2)17(3)10-8-12-7-6-9-14(12,16)11-15/h12-13H,4-10,16H2,1-3H3. The van der Waals surface area contributed by atoms with E-state index < -0.39 is 5.54 Å². The molecule has 2 N–H and O–H groups in total. The summed E-state index contributed by atoms with van der Waals surface area (Å²) in [7, 11) is 2.19. The summed E-state index contributed by atoms with van der Waals surface area (Å²) in [5, 5.41) is 9.17. The average Bonchev–Trinajstić information content (AvgIpc) is 2.70. The van der Waals surface area contributed by atoms with Gasteiger partial charge in [-0.25, -0.2) is 0 Å². The molecule has 1 saturated carbocycles. The van der Waals surface area contributed by atoms with Gasteiger partial charge in [-0.1, -0.05) is 20.3 Å². The van der Waals surface area contributed by atoms with Crippen LogP contribution in [0.3, 0.4) is 0 Å². The van der Waals surface area contributed by atoms with Gasteiger partial charge in [0.25, 0.3) is 0 Å². The molecular weight excluding hydrogens is 210 g/mol. The van der Waals surface area contributed by atoms with E-state index in [9.17, 15) is 5.26 Å². The van der Waals surface area contributed by atoms with E-state index in [1.54, 1.807) is 0 Å². The van der Waals surface area contributed by atoms with Crippen LogP contribution in [0, 0.1) is 17.2 Å². The van der Waals surface area contributed by atoms with Crippen molar-refractivity contribution >= 4 is 0 Å². The van der Waals surface area contributed by atoms with Crippen LogP contribution < -0.4 is 5.73 Å². The number of nitrogens with two attached hydrogens (primary N) is 1. The highest BCUT2D eigenvalue weighted by atomic mass is 15.1. The van der Waals surface area contributed by atoms with Gasteiger partial charge in [0.2, 0.25) is 0 Å². The van der Waals surface area contributed by atoms with Crippen molar-refractivity contribution in [3.63, 3.8) is 0 Å². The largest absolute Gasteiger partial charge is 0.313 e. The molecule has 1 fully saturated rings. The Morgan fingerprint density at radius 3 is 2.65 bits per heavy atom. The van der Waals surface area contributed by atoms with Gasteiger partial charge < -0.3 is 10.6 Å². The maximum atomic E-state index is 9.17. The third-order valence-corrected chi connectivity index (χ3v) is 4.48. The van der Waals surface area contributed by atoms with Gasteiger partial charge in [0, 0.05) is 6.04 Å². The molecule has 0 amide bonds. The number of rotatable bonds is 6. The molecule has 3 nitrogen and oxygen atoms in total. The van der Waals surface area contributed by atoms with E-state index in [0.29, 0.717) is 12.0 Å². The predicted octanol–water partition coefficient (Wildman–Crippen LogP) is 2.52. The van der Waals surface area contributed by atoms with Crippen molar-refractivity contribution in [3.8, 4) is 6.07 Å².